The first kappa shape index (κ1) is 24.8. The third kappa shape index (κ3) is 25.2. The summed E-state index contributed by atoms with van der Waals surface area (Å²) in [6.07, 6.45) is 5.99. The topological polar surface area (TPSA) is 64.1 Å². The minimum atomic E-state index is 0. The van der Waals surface area contributed by atoms with Crippen molar-refractivity contribution in [2.24, 2.45) is 11.5 Å². The van der Waals surface area contributed by atoms with Gasteiger partial charge in [-0.2, -0.15) is 0 Å². The molecule has 3 nitrogen and oxygen atoms in total. The Morgan fingerprint density at radius 2 is 1.00 bits per heavy atom. The molecule has 0 aliphatic heterocycles. The Morgan fingerprint density at radius 3 is 1.47 bits per heavy atom. The van der Waals surface area contributed by atoms with E-state index in [-0.39, 0.29) is 37.2 Å². The Hall–Kier alpha value is 0.750. The van der Waals surface area contributed by atoms with Gasteiger partial charge in [-0.25, -0.2) is 0 Å². The zero-order valence-corrected chi connectivity index (χ0v) is 11.7. The van der Waals surface area contributed by atoms with Crippen LogP contribution in [0.4, 0.5) is 0 Å². The van der Waals surface area contributed by atoms with Gasteiger partial charge in [0.05, 0.1) is 0 Å². The highest BCUT2D eigenvalue weighted by atomic mass is 35.5. The van der Waals surface area contributed by atoms with Crippen molar-refractivity contribution in [2.75, 3.05) is 26.2 Å². The minimum absolute atomic E-state index is 0. The van der Waals surface area contributed by atoms with E-state index in [0.717, 1.165) is 39.0 Å². The summed E-state index contributed by atoms with van der Waals surface area (Å²) in [5, 5.41) is 3.38. The van der Waals surface area contributed by atoms with E-state index in [1.54, 1.807) is 0 Å². The molecule has 0 rings (SSSR count). The Labute approximate surface area is 112 Å². The molecule has 0 unspecified atom stereocenters. The summed E-state index contributed by atoms with van der Waals surface area (Å²) in [6, 6.07) is 0. The molecular weight excluding hydrogens is 256 g/mol. The molecule has 5 N–H and O–H groups in total. The van der Waals surface area contributed by atoms with E-state index >= 15 is 0 Å². The molecule has 0 spiro atoms. The largest absolute Gasteiger partial charge is 0.330 e. The maximum atomic E-state index is 5.37. The van der Waals surface area contributed by atoms with Crippen LogP contribution in [-0.4, -0.2) is 26.2 Å². The van der Waals surface area contributed by atoms with E-state index < -0.39 is 0 Å². The molecule has 0 amide bonds. The molecule has 0 aromatic carbocycles. The summed E-state index contributed by atoms with van der Waals surface area (Å²) < 4.78 is 0. The van der Waals surface area contributed by atoms with Crippen LogP contribution in [-0.2, 0) is 0 Å². The Balaban J connectivity index is -0.000000202. The van der Waals surface area contributed by atoms with Crippen LogP contribution in [0.15, 0.2) is 0 Å². The van der Waals surface area contributed by atoms with Crippen LogP contribution in [0.25, 0.3) is 0 Å². The van der Waals surface area contributed by atoms with Crippen molar-refractivity contribution in [1.82, 2.24) is 5.32 Å². The van der Waals surface area contributed by atoms with Crippen LogP contribution < -0.4 is 16.8 Å². The summed E-state index contributed by atoms with van der Waals surface area (Å²) in [4.78, 5) is 0. The predicted molar refractivity (Wildman–Crippen MR) is 75.8 cm³/mol. The monoisotopic (exact) mass is 281 g/mol. The second-order valence-corrected chi connectivity index (χ2v) is 3.10. The van der Waals surface area contributed by atoms with Gasteiger partial charge in [0.2, 0.25) is 0 Å². The van der Waals surface area contributed by atoms with Crippen LogP contribution in [0.5, 0.6) is 0 Å². The maximum Gasteiger partial charge on any atom is -0.00484 e. The van der Waals surface area contributed by atoms with Gasteiger partial charge in [-0.3, -0.25) is 0 Å². The molecule has 0 aliphatic carbocycles. The highest BCUT2D eigenvalue weighted by Gasteiger charge is 1.88. The number of rotatable bonds is 9. The number of halogens is 3. The van der Waals surface area contributed by atoms with Crippen LogP contribution in [0.1, 0.15) is 32.1 Å². The van der Waals surface area contributed by atoms with E-state index in [0.29, 0.717) is 0 Å². The molecule has 0 aromatic heterocycles. The zero-order chi connectivity index (χ0) is 9.07. The standard InChI is InChI=1S/C9H23N3.3ClH/c10-6-2-1-4-8-12-9-5-3-7-11;;;/h12H,1-11H2;3*1H. The number of nitrogens with two attached hydrogens (primary N) is 2. The van der Waals surface area contributed by atoms with Gasteiger partial charge >= 0.3 is 0 Å². The highest BCUT2D eigenvalue weighted by molar-refractivity contribution is 5.86. The third-order valence-electron chi connectivity index (χ3n) is 1.87. The molecule has 98 valence electrons. The molecule has 0 heterocycles. The van der Waals surface area contributed by atoms with Gasteiger partial charge in [-0.1, -0.05) is 6.42 Å². The normalized spacial score (nSPS) is 8.40. The molecule has 0 radical (unpaired) electrons. The van der Waals surface area contributed by atoms with Gasteiger partial charge in [0.15, 0.2) is 0 Å². The molecule has 0 aliphatic rings. The molecule has 15 heavy (non-hydrogen) atoms. The van der Waals surface area contributed by atoms with E-state index in [9.17, 15) is 0 Å². The lowest BCUT2D eigenvalue weighted by atomic mass is 10.2. The van der Waals surface area contributed by atoms with Gasteiger partial charge < -0.3 is 16.8 Å². The second kappa shape index (κ2) is 24.1. The average Bonchev–Trinajstić information content (AvgIpc) is 2.10. The van der Waals surface area contributed by atoms with Crippen LogP contribution in [0.3, 0.4) is 0 Å². The SMILES string of the molecule is Cl.Cl.Cl.NCCCCCNCCCCN. The van der Waals surface area contributed by atoms with Gasteiger partial charge in [0.1, 0.15) is 0 Å². The third-order valence-corrected chi connectivity index (χ3v) is 1.87. The van der Waals surface area contributed by atoms with Crippen LogP contribution in [0.2, 0.25) is 0 Å². The lowest BCUT2D eigenvalue weighted by molar-refractivity contribution is 0.582. The lowest BCUT2D eigenvalue weighted by Gasteiger charge is -2.02. The van der Waals surface area contributed by atoms with Crippen molar-refractivity contribution >= 4 is 37.2 Å². The lowest BCUT2D eigenvalue weighted by Crippen LogP contribution is -2.17. The molecule has 0 bridgehead atoms. The van der Waals surface area contributed by atoms with Crippen molar-refractivity contribution in [3.05, 3.63) is 0 Å². The first-order valence-electron chi connectivity index (χ1n) is 5.02. The van der Waals surface area contributed by atoms with Crippen LogP contribution >= 0.6 is 37.2 Å². The van der Waals surface area contributed by atoms with Gasteiger partial charge in [0, 0.05) is 0 Å². The first-order valence-corrected chi connectivity index (χ1v) is 5.02. The number of hydrogen-bond donors (Lipinski definition) is 3. The predicted octanol–water partition coefficient (Wildman–Crippen LogP) is 1.71. The molecule has 0 atom stereocenters. The summed E-state index contributed by atoms with van der Waals surface area (Å²) in [7, 11) is 0. The highest BCUT2D eigenvalue weighted by Crippen LogP contribution is 1.91. The maximum absolute atomic E-state index is 5.37. The summed E-state index contributed by atoms with van der Waals surface area (Å²) in [6.45, 7) is 3.88. The van der Waals surface area contributed by atoms with Crippen LogP contribution in [0, 0.1) is 0 Å². The minimum Gasteiger partial charge on any atom is -0.330 e. The molecule has 0 saturated heterocycles. The molecule has 6 heteroatoms. The number of nitrogens with one attached hydrogen (secondary N) is 1. The fraction of sp³-hybridized carbons (Fsp3) is 1.00. The van der Waals surface area contributed by atoms with Gasteiger partial charge in [-0.15, -0.1) is 37.2 Å². The molecular formula is C9H26Cl3N3. The van der Waals surface area contributed by atoms with Crippen molar-refractivity contribution in [3.63, 3.8) is 0 Å². The Kier molecular flexibility index (Phi) is 39.9. The van der Waals surface area contributed by atoms with E-state index in [4.69, 9.17) is 11.5 Å². The summed E-state index contributed by atoms with van der Waals surface area (Å²) >= 11 is 0. The Bertz CT molecular complexity index is 77.0. The van der Waals surface area contributed by atoms with Crippen molar-refractivity contribution in [3.8, 4) is 0 Å². The molecule has 0 saturated carbocycles. The van der Waals surface area contributed by atoms with E-state index in [1.807, 2.05) is 0 Å². The quantitative estimate of drug-likeness (QED) is 0.564. The van der Waals surface area contributed by atoms with Gasteiger partial charge in [0.25, 0.3) is 0 Å². The Morgan fingerprint density at radius 1 is 0.600 bits per heavy atom. The zero-order valence-electron chi connectivity index (χ0n) is 9.24. The van der Waals surface area contributed by atoms with Gasteiger partial charge in [-0.05, 0) is 51.9 Å². The van der Waals surface area contributed by atoms with E-state index in [1.165, 1.54) is 19.3 Å². The molecule has 0 fully saturated rings. The second-order valence-electron chi connectivity index (χ2n) is 3.10. The van der Waals surface area contributed by atoms with E-state index in [2.05, 4.69) is 5.32 Å². The first-order chi connectivity index (χ1) is 5.91. The smallest absolute Gasteiger partial charge is 0.00484 e. The average molecular weight is 283 g/mol. The van der Waals surface area contributed by atoms with Crippen molar-refractivity contribution < 1.29 is 0 Å². The fourth-order valence-electron chi connectivity index (χ4n) is 1.09. The number of hydrogen-bond acceptors (Lipinski definition) is 3. The van der Waals surface area contributed by atoms with Crippen molar-refractivity contribution in [1.29, 1.82) is 0 Å². The number of unbranched alkanes of at least 4 members (excludes halogenated alkanes) is 3. The summed E-state index contributed by atoms with van der Waals surface area (Å²) in [5.41, 5.74) is 10.7. The fourth-order valence-corrected chi connectivity index (χ4v) is 1.09. The summed E-state index contributed by atoms with van der Waals surface area (Å²) in [5.74, 6) is 0. The molecule has 0 aromatic rings. The van der Waals surface area contributed by atoms with Crippen molar-refractivity contribution in [2.45, 2.75) is 32.1 Å².